The summed E-state index contributed by atoms with van der Waals surface area (Å²) in [5, 5.41) is 15.0. The van der Waals surface area contributed by atoms with Crippen LogP contribution in [0.5, 0.6) is 5.75 Å². The van der Waals surface area contributed by atoms with Crippen LogP contribution in [0.4, 0.5) is 5.13 Å². The van der Waals surface area contributed by atoms with E-state index in [1.807, 2.05) is 32.0 Å². The normalized spacial score (nSPS) is 11.0. The van der Waals surface area contributed by atoms with Crippen molar-refractivity contribution >= 4 is 40.0 Å². The van der Waals surface area contributed by atoms with Crippen molar-refractivity contribution in [3.63, 3.8) is 0 Å². The number of hydrogen-bond acceptors (Lipinski definition) is 8. The van der Waals surface area contributed by atoms with Crippen molar-refractivity contribution in [2.24, 2.45) is 7.05 Å². The van der Waals surface area contributed by atoms with Crippen molar-refractivity contribution in [2.45, 2.75) is 45.3 Å². The molecule has 0 saturated heterocycles. The number of carbonyl (C=O) groups is 2. The number of aromatic nitrogens is 4. The summed E-state index contributed by atoms with van der Waals surface area (Å²) in [4.78, 5) is 29.6. The van der Waals surface area contributed by atoms with Gasteiger partial charge in [-0.05, 0) is 37.0 Å². The first kappa shape index (κ1) is 24.7. The third kappa shape index (κ3) is 7.03. The Kier molecular flexibility index (Phi) is 8.45. The molecule has 0 atom stereocenters. The Bertz CT molecular complexity index is 1130. The fourth-order valence-corrected chi connectivity index (χ4v) is 4.35. The van der Waals surface area contributed by atoms with Gasteiger partial charge < -0.3 is 19.9 Å². The van der Waals surface area contributed by atoms with Crippen LogP contribution < -0.4 is 15.4 Å². The maximum absolute atomic E-state index is 12.3. The standard InChI is InChI=1S/C22H28N6O3S2/c1-13(2)16-7-6-14(3)8-17(16)31-11-19(29)23-10-18-26-27-22(28(18)5)32-12-20(30)25-21-24-9-15(4)33-21/h6-9,13H,10-12H2,1-5H3,(H,23,29)(H,24,25,30). The second-order valence-electron chi connectivity index (χ2n) is 7.83. The number of nitrogens with zero attached hydrogens (tertiary/aromatic N) is 4. The molecule has 2 amide bonds. The third-order valence-corrected chi connectivity index (χ3v) is 6.57. The van der Waals surface area contributed by atoms with E-state index in [0.29, 0.717) is 22.0 Å². The molecule has 1 aromatic carbocycles. The zero-order valence-electron chi connectivity index (χ0n) is 19.3. The van der Waals surface area contributed by atoms with E-state index >= 15 is 0 Å². The Balaban J connectivity index is 1.47. The molecule has 0 aliphatic rings. The summed E-state index contributed by atoms with van der Waals surface area (Å²) in [6.45, 7) is 8.22. The topological polar surface area (TPSA) is 111 Å². The van der Waals surface area contributed by atoms with Crippen LogP contribution in [0.25, 0.3) is 0 Å². The van der Waals surface area contributed by atoms with Gasteiger partial charge in [0.1, 0.15) is 5.75 Å². The van der Waals surface area contributed by atoms with E-state index in [4.69, 9.17) is 4.74 Å². The first-order chi connectivity index (χ1) is 15.7. The van der Waals surface area contributed by atoms with Crippen molar-refractivity contribution in [3.8, 4) is 5.75 Å². The van der Waals surface area contributed by atoms with Crippen molar-refractivity contribution in [2.75, 3.05) is 17.7 Å². The van der Waals surface area contributed by atoms with Gasteiger partial charge in [0, 0.05) is 18.1 Å². The molecular formula is C22H28N6O3S2. The van der Waals surface area contributed by atoms with Crippen LogP contribution in [0.3, 0.4) is 0 Å². The number of amides is 2. The fourth-order valence-electron chi connectivity index (χ4n) is 2.94. The average molecular weight is 489 g/mol. The number of benzene rings is 1. The number of ether oxygens (including phenoxy) is 1. The molecule has 11 heteroatoms. The lowest BCUT2D eigenvalue weighted by Crippen LogP contribution is -2.29. The van der Waals surface area contributed by atoms with Crippen LogP contribution >= 0.6 is 23.1 Å². The number of aryl methyl sites for hydroxylation is 2. The molecule has 0 radical (unpaired) electrons. The Morgan fingerprint density at radius 1 is 1.21 bits per heavy atom. The smallest absolute Gasteiger partial charge is 0.258 e. The monoisotopic (exact) mass is 488 g/mol. The number of thioether (sulfide) groups is 1. The van der Waals surface area contributed by atoms with Gasteiger partial charge >= 0.3 is 0 Å². The third-order valence-electron chi connectivity index (χ3n) is 4.72. The van der Waals surface area contributed by atoms with Gasteiger partial charge in [0.2, 0.25) is 5.91 Å². The second kappa shape index (κ2) is 11.3. The van der Waals surface area contributed by atoms with E-state index < -0.39 is 0 Å². The van der Waals surface area contributed by atoms with Crippen LogP contribution in [0.2, 0.25) is 0 Å². The summed E-state index contributed by atoms with van der Waals surface area (Å²) in [5.41, 5.74) is 2.15. The summed E-state index contributed by atoms with van der Waals surface area (Å²) in [6.07, 6.45) is 1.71. The molecule has 3 aromatic rings. The van der Waals surface area contributed by atoms with Crippen molar-refractivity contribution < 1.29 is 14.3 Å². The summed E-state index contributed by atoms with van der Waals surface area (Å²) in [6, 6.07) is 6.01. The molecular weight excluding hydrogens is 460 g/mol. The van der Waals surface area contributed by atoms with Gasteiger partial charge in [0.15, 0.2) is 22.7 Å². The lowest BCUT2D eigenvalue weighted by molar-refractivity contribution is -0.123. The SMILES string of the molecule is Cc1ccc(C(C)C)c(OCC(=O)NCc2nnc(SCC(=O)Nc3ncc(C)s3)n2C)c1. The second-order valence-corrected chi connectivity index (χ2v) is 10.0. The Morgan fingerprint density at radius 3 is 2.70 bits per heavy atom. The largest absolute Gasteiger partial charge is 0.483 e. The molecule has 0 saturated carbocycles. The van der Waals surface area contributed by atoms with Crippen LogP contribution in [-0.2, 0) is 23.2 Å². The first-order valence-electron chi connectivity index (χ1n) is 10.5. The van der Waals surface area contributed by atoms with Gasteiger partial charge in [-0.1, -0.05) is 37.7 Å². The van der Waals surface area contributed by atoms with Crippen LogP contribution in [0.15, 0.2) is 29.6 Å². The quantitative estimate of drug-likeness (QED) is 0.421. The molecule has 3 rings (SSSR count). The summed E-state index contributed by atoms with van der Waals surface area (Å²) in [7, 11) is 1.80. The zero-order valence-corrected chi connectivity index (χ0v) is 21.0. The Labute approximate surface area is 201 Å². The molecule has 0 unspecified atom stereocenters. The highest BCUT2D eigenvalue weighted by atomic mass is 32.2. The highest BCUT2D eigenvalue weighted by molar-refractivity contribution is 7.99. The van der Waals surface area contributed by atoms with Crippen molar-refractivity contribution in [3.05, 3.63) is 46.2 Å². The number of thiazole rings is 1. The molecule has 2 heterocycles. The van der Waals surface area contributed by atoms with Crippen molar-refractivity contribution in [1.29, 1.82) is 0 Å². The molecule has 33 heavy (non-hydrogen) atoms. The van der Waals surface area contributed by atoms with Crippen LogP contribution in [0, 0.1) is 13.8 Å². The number of anilines is 1. The summed E-state index contributed by atoms with van der Waals surface area (Å²) in [5.74, 6) is 1.37. The van der Waals surface area contributed by atoms with E-state index in [1.165, 1.54) is 23.1 Å². The van der Waals surface area contributed by atoms with Gasteiger partial charge in [-0.2, -0.15) is 0 Å². The van der Waals surface area contributed by atoms with E-state index in [1.54, 1.807) is 17.8 Å². The minimum atomic E-state index is -0.249. The Morgan fingerprint density at radius 2 is 2.00 bits per heavy atom. The minimum absolute atomic E-state index is 0.0843. The highest BCUT2D eigenvalue weighted by Crippen LogP contribution is 2.27. The molecule has 176 valence electrons. The number of nitrogens with one attached hydrogen (secondary N) is 2. The van der Waals surface area contributed by atoms with E-state index in [-0.39, 0.29) is 30.7 Å². The van der Waals surface area contributed by atoms with Gasteiger partial charge in [0.25, 0.3) is 5.91 Å². The van der Waals surface area contributed by atoms with E-state index in [2.05, 4.69) is 39.7 Å². The average Bonchev–Trinajstić information content (AvgIpc) is 3.33. The lowest BCUT2D eigenvalue weighted by atomic mass is 10.0. The number of carbonyl (C=O) groups excluding carboxylic acids is 2. The molecule has 0 bridgehead atoms. The lowest BCUT2D eigenvalue weighted by Gasteiger charge is -2.14. The molecule has 9 nitrogen and oxygen atoms in total. The van der Waals surface area contributed by atoms with Crippen LogP contribution in [-0.4, -0.2) is 43.9 Å². The van der Waals surface area contributed by atoms with Gasteiger partial charge in [-0.25, -0.2) is 4.98 Å². The fraction of sp³-hybridized carbons (Fsp3) is 0.409. The van der Waals surface area contributed by atoms with Gasteiger partial charge in [0.05, 0.1) is 12.3 Å². The summed E-state index contributed by atoms with van der Waals surface area (Å²) < 4.78 is 7.53. The first-order valence-corrected chi connectivity index (χ1v) is 12.3. The minimum Gasteiger partial charge on any atom is -0.483 e. The molecule has 0 aliphatic carbocycles. The maximum atomic E-state index is 12.3. The molecule has 0 fully saturated rings. The van der Waals surface area contributed by atoms with Crippen LogP contribution in [0.1, 0.15) is 41.6 Å². The number of hydrogen-bond donors (Lipinski definition) is 2. The predicted octanol–water partition coefficient (Wildman–Crippen LogP) is 3.44. The van der Waals surface area contributed by atoms with E-state index in [0.717, 1.165) is 21.8 Å². The molecule has 2 aromatic heterocycles. The maximum Gasteiger partial charge on any atom is 0.258 e. The van der Waals surface area contributed by atoms with Gasteiger partial charge in [-0.15, -0.1) is 21.5 Å². The summed E-state index contributed by atoms with van der Waals surface area (Å²) >= 11 is 2.69. The number of rotatable bonds is 10. The zero-order chi connectivity index (χ0) is 24.0. The van der Waals surface area contributed by atoms with Gasteiger partial charge in [-0.3, -0.25) is 9.59 Å². The van der Waals surface area contributed by atoms with Crippen molar-refractivity contribution in [1.82, 2.24) is 25.1 Å². The molecule has 0 spiro atoms. The Hall–Kier alpha value is -2.92. The molecule has 2 N–H and O–H groups in total. The predicted molar refractivity (Wildman–Crippen MR) is 130 cm³/mol. The molecule has 0 aliphatic heterocycles. The highest BCUT2D eigenvalue weighted by Gasteiger charge is 2.14. The van der Waals surface area contributed by atoms with E-state index in [9.17, 15) is 9.59 Å².